The molecule has 9 nitrogen and oxygen atoms in total. The van der Waals surface area contributed by atoms with Gasteiger partial charge in [0, 0.05) is 66.6 Å². The molecule has 3 aromatic carbocycles. The summed E-state index contributed by atoms with van der Waals surface area (Å²) in [6.07, 6.45) is 2.07. The normalized spacial score (nSPS) is 16.1. The zero-order valence-corrected chi connectivity index (χ0v) is 26.6. The van der Waals surface area contributed by atoms with Gasteiger partial charge < -0.3 is 28.7 Å². The summed E-state index contributed by atoms with van der Waals surface area (Å²) < 4.78 is 24.5. The van der Waals surface area contributed by atoms with E-state index in [1.54, 1.807) is 11.2 Å². The maximum Gasteiger partial charge on any atom is 0.410 e. The number of nitrogens with zero attached hydrogens (tertiary/aromatic N) is 5. The Labute approximate surface area is 262 Å². The van der Waals surface area contributed by atoms with Crippen molar-refractivity contribution in [2.45, 2.75) is 51.1 Å². The summed E-state index contributed by atoms with van der Waals surface area (Å²) in [6.45, 7) is 9.77. The molecule has 44 heavy (non-hydrogen) atoms. The second kappa shape index (κ2) is 12.5. The van der Waals surface area contributed by atoms with Gasteiger partial charge in [0.05, 0.1) is 12.2 Å². The van der Waals surface area contributed by atoms with E-state index in [0.29, 0.717) is 44.5 Å². The van der Waals surface area contributed by atoms with E-state index in [0.717, 1.165) is 57.8 Å². The number of ether oxygens (including phenoxy) is 2. The van der Waals surface area contributed by atoms with Crippen LogP contribution in [0.3, 0.4) is 0 Å². The molecule has 1 amide bonds. The lowest BCUT2D eigenvalue weighted by Crippen LogP contribution is -2.50. The van der Waals surface area contributed by atoms with Gasteiger partial charge in [-0.3, -0.25) is 0 Å². The number of benzene rings is 3. The number of anilines is 2. The van der Waals surface area contributed by atoms with Crippen LogP contribution < -0.4 is 14.5 Å². The molecule has 0 bridgehead atoms. The van der Waals surface area contributed by atoms with Crippen molar-refractivity contribution in [3.05, 3.63) is 83.6 Å². The number of rotatable bonds is 6. The van der Waals surface area contributed by atoms with E-state index in [1.165, 1.54) is 0 Å². The average Bonchev–Trinajstić information content (AvgIpc) is 3.02. The molecule has 2 aliphatic heterocycles. The Hall–Kier alpha value is -4.02. The molecule has 1 atom stereocenters. The number of hydrogen-bond donors (Lipinski definition) is 0. The zero-order valence-electron chi connectivity index (χ0n) is 25.8. The highest BCUT2D eigenvalue weighted by atomic mass is 32.2. The molecule has 1 unspecified atom stereocenters. The number of amides is 1. The predicted octanol–water partition coefficient (Wildman–Crippen LogP) is 5.57. The lowest BCUT2D eigenvalue weighted by Gasteiger charge is -2.38. The number of fused-ring (bicyclic) bond motifs is 2. The molecular weight excluding hydrogens is 574 g/mol. The van der Waals surface area contributed by atoms with Crippen LogP contribution in [0.15, 0.2) is 71.9 Å². The third-order valence-corrected chi connectivity index (χ3v) is 8.61. The first-order chi connectivity index (χ1) is 21.1. The molecule has 0 aliphatic carbocycles. The molecule has 10 heteroatoms. The summed E-state index contributed by atoms with van der Waals surface area (Å²) in [5.41, 5.74) is 3.64. The van der Waals surface area contributed by atoms with Crippen LogP contribution in [-0.4, -0.2) is 70.1 Å². The van der Waals surface area contributed by atoms with Crippen molar-refractivity contribution >= 4 is 39.5 Å². The van der Waals surface area contributed by atoms with Crippen molar-refractivity contribution in [3.63, 3.8) is 0 Å². The first-order valence-corrected chi connectivity index (χ1v) is 16.6. The molecule has 4 aromatic rings. The largest absolute Gasteiger partial charge is 0.609 e. The van der Waals surface area contributed by atoms with Gasteiger partial charge in [0.2, 0.25) is 0 Å². The summed E-state index contributed by atoms with van der Waals surface area (Å²) >= 11 is -1.34. The van der Waals surface area contributed by atoms with Gasteiger partial charge in [0.15, 0.2) is 0 Å². The van der Waals surface area contributed by atoms with Gasteiger partial charge >= 0.3 is 11.2 Å². The van der Waals surface area contributed by atoms with Gasteiger partial charge in [0.25, 0.3) is 0 Å². The highest BCUT2D eigenvalue weighted by Crippen LogP contribution is 2.37. The topological polar surface area (TPSA) is 94.1 Å². The number of aromatic nitrogens is 2. The fourth-order valence-corrected chi connectivity index (χ4v) is 6.21. The van der Waals surface area contributed by atoms with Crippen molar-refractivity contribution in [2.24, 2.45) is 0 Å². The quantitative estimate of drug-likeness (QED) is 0.206. The van der Waals surface area contributed by atoms with Crippen molar-refractivity contribution in [3.8, 4) is 5.75 Å². The molecule has 0 radical (unpaired) electrons. The summed E-state index contributed by atoms with van der Waals surface area (Å²) in [4.78, 5) is 28.5. The van der Waals surface area contributed by atoms with Crippen molar-refractivity contribution < 1.29 is 18.8 Å². The fraction of sp³-hybridized carbons (Fsp3) is 0.382. The molecule has 2 aliphatic rings. The van der Waals surface area contributed by atoms with Crippen LogP contribution in [0.25, 0.3) is 10.8 Å². The molecule has 0 spiro atoms. The van der Waals surface area contributed by atoms with Gasteiger partial charge in [-0.25, -0.2) is 4.79 Å². The van der Waals surface area contributed by atoms with E-state index in [2.05, 4.69) is 52.3 Å². The van der Waals surface area contributed by atoms with Crippen LogP contribution in [0, 0.1) is 0 Å². The molecule has 3 heterocycles. The van der Waals surface area contributed by atoms with Gasteiger partial charge in [0.1, 0.15) is 30.0 Å². The van der Waals surface area contributed by atoms with Crippen LogP contribution in [0.1, 0.15) is 37.6 Å². The van der Waals surface area contributed by atoms with Crippen molar-refractivity contribution in [1.29, 1.82) is 0 Å². The average molecular weight is 614 g/mol. The van der Waals surface area contributed by atoms with Gasteiger partial charge in [-0.1, -0.05) is 54.6 Å². The third-order valence-electron chi connectivity index (χ3n) is 7.91. The molecule has 6 rings (SSSR count). The first-order valence-electron chi connectivity index (χ1n) is 15.1. The standard InChI is InChI=1S/C34H39N5O4S/c1-34(2,3)43-33(40)38-18-16-37(17-19-38)31-28-14-15-39(22-29(28)35-32(36-31)44(4)41)30-21-26(20-25-12-8-9-13-27(25)30)42-23-24-10-6-5-7-11-24/h5-13,20-21H,14-19,22-23H2,1-4H3. The number of hydrogen-bond acceptors (Lipinski definition) is 8. The highest BCUT2D eigenvalue weighted by molar-refractivity contribution is 7.90. The van der Waals surface area contributed by atoms with Gasteiger partial charge in [-0.2, -0.15) is 9.97 Å². The van der Waals surface area contributed by atoms with E-state index in [9.17, 15) is 9.35 Å². The monoisotopic (exact) mass is 613 g/mol. The Balaban J connectivity index is 1.26. The highest BCUT2D eigenvalue weighted by Gasteiger charge is 2.31. The lowest BCUT2D eigenvalue weighted by molar-refractivity contribution is 0.0240. The minimum atomic E-state index is -1.34. The van der Waals surface area contributed by atoms with Crippen molar-refractivity contribution in [1.82, 2.24) is 14.9 Å². The fourth-order valence-electron chi connectivity index (χ4n) is 5.76. The Morgan fingerprint density at radius 3 is 2.39 bits per heavy atom. The van der Waals surface area contributed by atoms with E-state index in [1.807, 2.05) is 45.0 Å². The SMILES string of the molecule is C[S+]([O-])c1nc2c(c(N3CCN(C(=O)OC(C)(C)C)CC3)n1)CCN(c1cc(OCc3ccccc3)cc3ccccc13)C2. The Morgan fingerprint density at radius 2 is 1.66 bits per heavy atom. The van der Waals surface area contributed by atoms with Crippen LogP contribution in [0.2, 0.25) is 0 Å². The smallest absolute Gasteiger partial charge is 0.410 e. The maximum absolute atomic E-state index is 12.7. The van der Waals surface area contributed by atoms with Crippen LogP contribution in [0.4, 0.5) is 16.3 Å². The summed E-state index contributed by atoms with van der Waals surface area (Å²) in [6, 6.07) is 22.7. The summed E-state index contributed by atoms with van der Waals surface area (Å²) in [7, 11) is 0. The Kier molecular flexibility index (Phi) is 8.55. The van der Waals surface area contributed by atoms with Gasteiger partial charge in [-0.15, -0.1) is 0 Å². The summed E-state index contributed by atoms with van der Waals surface area (Å²) in [5, 5.41) is 2.59. The molecule has 1 aromatic heterocycles. The number of carbonyl (C=O) groups excluding carboxylic acids is 1. The number of carbonyl (C=O) groups is 1. The lowest BCUT2D eigenvalue weighted by atomic mass is 10.0. The minimum Gasteiger partial charge on any atom is -0.609 e. The van der Waals surface area contributed by atoms with Crippen molar-refractivity contribution in [2.75, 3.05) is 48.8 Å². The van der Waals surface area contributed by atoms with E-state index in [4.69, 9.17) is 19.4 Å². The van der Waals surface area contributed by atoms with E-state index in [-0.39, 0.29) is 6.09 Å². The first kappa shape index (κ1) is 30.0. The van der Waals surface area contributed by atoms with E-state index >= 15 is 0 Å². The van der Waals surface area contributed by atoms with Crippen LogP contribution in [-0.2, 0) is 35.5 Å². The molecule has 0 N–H and O–H groups in total. The Bertz CT molecular complexity index is 1630. The molecule has 0 saturated carbocycles. The Morgan fingerprint density at radius 1 is 0.932 bits per heavy atom. The second-order valence-electron chi connectivity index (χ2n) is 12.3. The predicted molar refractivity (Wildman–Crippen MR) is 174 cm³/mol. The maximum atomic E-state index is 12.7. The molecule has 1 saturated heterocycles. The third kappa shape index (κ3) is 6.71. The summed E-state index contributed by atoms with van der Waals surface area (Å²) in [5.74, 6) is 1.64. The van der Waals surface area contributed by atoms with Crippen LogP contribution >= 0.6 is 0 Å². The second-order valence-corrected chi connectivity index (χ2v) is 13.5. The molecule has 230 valence electrons. The zero-order chi connectivity index (χ0) is 30.8. The molecular formula is C34H39N5O4S. The molecule has 1 fully saturated rings. The minimum absolute atomic E-state index is 0.296. The van der Waals surface area contributed by atoms with E-state index < -0.39 is 16.8 Å². The number of piperazine rings is 1. The van der Waals surface area contributed by atoms with Crippen LogP contribution in [0.5, 0.6) is 5.75 Å². The van der Waals surface area contributed by atoms with Gasteiger partial charge in [-0.05, 0) is 44.2 Å².